The van der Waals surface area contributed by atoms with Crippen molar-refractivity contribution in [3.8, 4) is 0 Å². The predicted molar refractivity (Wildman–Crippen MR) is 67.0 cm³/mol. The number of benzene rings is 1. The van der Waals surface area contributed by atoms with Crippen LogP contribution >= 0.6 is 15.9 Å². The Hall–Kier alpha value is -1.03. The molecule has 2 rings (SSSR count). The summed E-state index contributed by atoms with van der Waals surface area (Å²) in [6.07, 6.45) is 4.89. The fourth-order valence-electron chi connectivity index (χ4n) is 2.08. The Morgan fingerprint density at radius 3 is 2.69 bits per heavy atom. The molecular formula is C12H14BrNO2. The van der Waals surface area contributed by atoms with Gasteiger partial charge in [0.1, 0.15) is 0 Å². The van der Waals surface area contributed by atoms with Gasteiger partial charge in [0.15, 0.2) is 0 Å². The maximum Gasteiger partial charge on any atom is 0.336 e. The fraction of sp³-hybridized carbons (Fsp3) is 0.417. The van der Waals surface area contributed by atoms with E-state index in [-0.39, 0.29) is 0 Å². The smallest absolute Gasteiger partial charge is 0.336 e. The summed E-state index contributed by atoms with van der Waals surface area (Å²) in [5.74, 6) is -0.901. The van der Waals surface area contributed by atoms with Gasteiger partial charge in [-0.05, 0) is 47.0 Å². The Bertz CT molecular complexity index is 400. The molecule has 86 valence electrons. The molecule has 1 aliphatic carbocycles. The van der Waals surface area contributed by atoms with Crippen LogP contribution in [-0.4, -0.2) is 17.1 Å². The maximum atomic E-state index is 11.0. The molecule has 2 N–H and O–H groups in total. The van der Waals surface area contributed by atoms with Gasteiger partial charge in [0.25, 0.3) is 0 Å². The monoisotopic (exact) mass is 283 g/mol. The summed E-state index contributed by atoms with van der Waals surface area (Å²) in [5, 5.41) is 12.4. The number of rotatable bonds is 3. The van der Waals surface area contributed by atoms with Crippen molar-refractivity contribution in [2.45, 2.75) is 31.7 Å². The lowest BCUT2D eigenvalue weighted by molar-refractivity contribution is 0.0696. The van der Waals surface area contributed by atoms with Crippen LogP contribution in [0.3, 0.4) is 0 Å². The summed E-state index contributed by atoms with van der Waals surface area (Å²) in [5.41, 5.74) is 1.20. The third-order valence-corrected chi connectivity index (χ3v) is 3.61. The average Bonchev–Trinajstić information content (AvgIpc) is 2.73. The van der Waals surface area contributed by atoms with Gasteiger partial charge in [-0.2, -0.15) is 0 Å². The van der Waals surface area contributed by atoms with E-state index in [1.807, 2.05) is 6.07 Å². The molecule has 0 spiro atoms. The molecule has 4 heteroatoms. The minimum Gasteiger partial charge on any atom is -0.478 e. The van der Waals surface area contributed by atoms with Crippen molar-refractivity contribution in [3.05, 3.63) is 28.2 Å². The van der Waals surface area contributed by atoms with E-state index in [0.29, 0.717) is 16.1 Å². The second-order valence-electron chi connectivity index (χ2n) is 4.13. The van der Waals surface area contributed by atoms with Crippen molar-refractivity contribution in [1.29, 1.82) is 0 Å². The van der Waals surface area contributed by atoms with E-state index in [1.54, 1.807) is 12.1 Å². The molecule has 0 amide bonds. The number of carboxylic acids is 1. The van der Waals surface area contributed by atoms with Crippen molar-refractivity contribution in [2.75, 3.05) is 5.32 Å². The highest BCUT2D eigenvalue weighted by Crippen LogP contribution is 2.25. The van der Waals surface area contributed by atoms with E-state index in [1.165, 1.54) is 25.7 Å². The largest absolute Gasteiger partial charge is 0.478 e. The van der Waals surface area contributed by atoms with Gasteiger partial charge in [-0.25, -0.2) is 4.79 Å². The minimum absolute atomic E-state index is 0.308. The zero-order valence-electron chi connectivity index (χ0n) is 8.87. The molecular weight excluding hydrogens is 270 g/mol. The first-order valence-corrected chi connectivity index (χ1v) is 6.25. The van der Waals surface area contributed by atoms with Gasteiger partial charge in [-0.3, -0.25) is 0 Å². The van der Waals surface area contributed by atoms with Gasteiger partial charge >= 0.3 is 5.97 Å². The molecule has 0 radical (unpaired) electrons. The second kappa shape index (κ2) is 4.87. The molecule has 3 nitrogen and oxygen atoms in total. The zero-order chi connectivity index (χ0) is 11.5. The molecule has 1 fully saturated rings. The number of hydrogen-bond acceptors (Lipinski definition) is 2. The average molecular weight is 284 g/mol. The van der Waals surface area contributed by atoms with Crippen LogP contribution in [0.5, 0.6) is 0 Å². The molecule has 1 aliphatic rings. The van der Waals surface area contributed by atoms with Crippen LogP contribution in [0.15, 0.2) is 22.7 Å². The molecule has 0 bridgehead atoms. The van der Waals surface area contributed by atoms with Crippen molar-refractivity contribution in [1.82, 2.24) is 0 Å². The van der Waals surface area contributed by atoms with Crippen molar-refractivity contribution in [3.63, 3.8) is 0 Å². The lowest BCUT2D eigenvalue weighted by Crippen LogP contribution is -2.14. The SMILES string of the molecule is O=C(O)c1cc(NC2CCCC2)ccc1Br. The number of carboxylic acid groups (broad SMARTS) is 1. The van der Waals surface area contributed by atoms with E-state index in [9.17, 15) is 4.79 Å². The highest BCUT2D eigenvalue weighted by atomic mass is 79.9. The van der Waals surface area contributed by atoms with Gasteiger partial charge < -0.3 is 10.4 Å². The lowest BCUT2D eigenvalue weighted by Gasteiger charge is -2.14. The summed E-state index contributed by atoms with van der Waals surface area (Å²) in [6.45, 7) is 0. The number of halogens is 1. The summed E-state index contributed by atoms with van der Waals surface area (Å²) in [6, 6.07) is 5.88. The first-order valence-electron chi connectivity index (χ1n) is 5.46. The molecule has 1 saturated carbocycles. The Kier molecular flexibility index (Phi) is 3.49. The van der Waals surface area contributed by atoms with Crippen LogP contribution < -0.4 is 5.32 Å². The molecule has 0 atom stereocenters. The topological polar surface area (TPSA) is 49.3 Å². The summed E-state index contributed by atoms with van der Waals surface area (Å²) < 4.78 is 0.622. The molecule has 0 aliphatic heterocycles. The van der Waals surface area contributed by atoms with Crippen molar-refractivity contribution in [2.24, 2.45) is 0 Å². The summed E-state index contributed by atoms with van der Waals surface area (Å²) in [7, 11) is 0. The Morgan fingerprint density at radius 1 is 1.38 bits per heavy atom. The molecule has 0 aromatic heterocycles. The van der Waals surface area contributed by atoms with Crippen LogP contribution in [-0.2, 0) is 0 Å². The van der Waals surface area contributed by atoms with Crippen LogP contribution in [0.2, 0.25) is 0 Å². The normalized spacial score (nSPS) is 16.3. The van der Waals surface area contributed by atoms with E-state index in [0.717, 1.165) is 5.69 Å². The Balaban J connectivity index is 2.15. The minimum atomic E-state index is -0.901. The van der Waals surface area contributed by atoms with Gasteiger partial charge in [0.05, 0.1) is 5.56 Å². The van der Waals surface area contributed by atoms with Gasteiger partial charge in [0.2, 0.25) is 0 Å². The Morgan fingerprint density at radius 2 is 2.06 bits per heavy atom. The first kappa shape index (κ1) is 11.5. The van der Waals surface area contributed by atoms with Crippen LogP contribution in [0.1, 0.15) is 36.0 Å². The highest BCUT2D eigenvalue weighted by Gasteiger charge is 2.15. The van der Waals surface area contributed by atoms with Crippen LogP contribution in [0.25, 0.3) is 0 Å². The molecule has 1 aromatic rings. The third kappa shape index (κ3) is 2.55. The third-order valence-electron chi connectivity index (χ3n) is 2.92. The molecule has 1 aromatic carbocycles. The van der Waals surface area contributed by atoms with Gasteiger partial charge in [0, 0.05) is 16.2 Å². The highest BCUT2D eigenvalue weighted by molar-refractivity contribution is 9.10. The molecule has 0 unspecified atom stereocenters. The summed E-state index contributed by atoms with van der Waals surface area (Å²) in [4.78, 5) is 11.0. The van der Waals surface area contributed by atoms with Crippen LogP contribution in [0, 0.1) is 0 Å². The number of nitrogens with one attached hydrogen (secondary N) is 1. The van der Waals surface area contributed by atoms with E-state index in [4.69, 9.17) is 5.11 Å². The molecule has 0 saturated heterocycles. The van der Waals surface area contributed by atoms with Gasteiger partial charge in [-0.15, -0.1) is 0 Å². The quantitative estimate of drug-likeness (QED) is 0.893. The zero-order valence-corrected chi connectivity index (χ0v) is 10.5. The number of carbonyl (C=O) groups is 1. The molecule has 0 heterocycles. The molecule has 16 heavy (non-hydrogen) atoms. The van der Waals surface area contributed by atoms with E-state index < -0.39 is 5.97 Å². The van der Waals surface area contributed by atoms with Crippen LogP contribution in [0.4, 0.5) is 5.69 Å². The standard InChI is InChI=1S/C12H14BrNO2/c13-11-6-5-9(7-10(11)12(15)16)14-8-3-1-2-4-8/h5-8,14H,1-4H2,(H,15,16). The first-order chi connectivity index (χ1) is 7.66. The van der Waals surface area contributed by atoms with Gasteiger partial charge in [-0.1, -0.05) is 12.8 Å². The van der Waals surface area contributed by atoms with Crippen molar-refractivity contribution >= 4 is 27.6 Å². The maximum absolute atomic E-state index is 11.0. The number of hydrogen-bond donors (Lipinski definition) is 2. The number of anilines is 1. The number of aromatic carboxylic acids is 1. The van der Waals surface area contributed by atoms with E-state index in [2.05, 4.69) is 21.2 Å². The second-order valence-corrected chi connectivity index (χ2v) is 4.98. The Labute approximate surface area is 103 Å². The lowest BCUT2D eigenvalue weighted by atomic mass is 10.1. The van der Waals surface area contributed by atoms with Crippen molar-refractivity contribution < 1.29 is 9.90 Å². The summed E-state index contributed by atoms with van der Waals surface area (Å²) >= 11 is 3.24. The fourth-order valence-corrected chi connectivity index (χ4v) is 2.50. The predicted octanol–water partition coefficient (Wildman–Crippen LogP) is 3.50. The van der Waals surface area contributed by atoms with E-state index >= 15 is 0 Å².